The fraction of sp³-hybridized carbons (Fsp3) is 0.583. The van der Waals surface area contributed by atoms with E-state index in [1.807, 2.05) is 7.05 Å². The normalized spacial score (nSPS) is 20.5. The number of aromatic nitrogens is 2. The Balaban J connectivity index is 1.25. The van der Waals surface area contributed by atoms with E-state index >= 15 is 0 Å². The van der Waals surface area contributed by atoms with Crippen molar-refractivity contribution in [3.63, 3.8) is 0 Å². The number of fused-ring (bicyclic) bond motifs is 1. The minimum Gasteiger partial charge on any atom is -0.405 e. The summed E-state index contributed by atoms with van der Waals surface area (Å²) in [4.78, 5) is 9.48. The molecule has 0 saturated heterocycles. The number of alkyl halides is 3. The van der Waals surface area contributed by atoms with Gasteiger partial charge in [-0.1, -0.05) is 22.0 Å². The number of hydrogen-bond acceptors (Lipinski definition) is 6. The number of aryl methyl sites for hydroxylation is 1. The van der Waals surface area contributed by atoms with Crippen LogP contribution >= 0.6 is 15.9 Å². The van der Waals surface area contributed by atoms with Gasteiger partial charge in [-0.25, -0.2) is 4.98 Å². The van der Waals surface area contributed by atoms with Crippen LogP contribution in [0.25, 0.3) is 0 Å². The van der Waals surface area contributed by atoms with Crippen LogP contribution in [-0.4, -0.2) is 42.0 Å². The molecule has 1 fully saturated rings. The first-order valence-electron chi connectivity index (χ1n) is 11.9. The number of rotatable bonds is 8. The van der Waals surface area contributed by atoms with E-state index in [9.17, 15) is 13.2 Å². The number of halogens is 4. The van der Waals surface area contributed by atoms with Crippen molar-refractivity contribution in [3.8, 4) is 5.75 Å². The van der Waals surface area contributed by atoms with Crippen LogP contribution in [0.4, 0.5) is 24.9 Å². The Kier molecular flexibility index (Phi) is 8.18. The minimum absolute atomic E-state index is 0.150. The lowest BCUT2D eigenvalue weighted by atomic mass is 9.91. The quantitative estimate of drug-likeness (QED) is 0.403. The highest BCUT2D eigenvalue weighted by atomic mass is 79.9. The number of hydrogen-bond donors (Lipinski definition) is 3. The monoisotopic (exact) mass is 541 g/mol. The van der Waals surface area contributed by atoms with Crippen LogP contribution in [0.3, 0.4) is 0 Å². The first-order valence-corrected chi connectivity index (χ1v) is 12.7. The molecule has 1 aromatic carbocycles. The van der Waals surface area contributed by atoms with E-state index in [4.69, 9.17) is 9.97 Å². The van der Waals surface area contributed by atoms with Crippen molar-refractivity contribution >= 4 is 27.7 Å². The maximum Gasteiger partial charge on any atom is 0.573 e. The summed E-state index contributed by atoms with van der Waals surface area (Å²) in [5.74, 6) is 1.49. The van der Waals surface area contributed by atoms with Crippen molar-refractivity contribution in [3.05, 3.63) is 39.5 Å². The van der Waals surface area contributed by atoms with Crippen molar-refractivity contribution in [2.75, 3.05) is 24.2 Å². The lowest BCUT2D eigenvalue weighted by Gasteiger charge is -2.30. The number of ether oxygens (including phenoxy) is 1. The van der Waals surface area contributed by atoms with Crippen molar-refractivity contribution in [1.82, 2.24) is 15.3 Å². The zero-order valence-electron chi connectivity index (χ0n) is 19.3. The third kappa shape index (κ3) is 6.75. The molecule has 0 amide bonds. The van der Waals surface area contributed by atoms with Crippen molar-refractivity contribution in [2.24, 2.45) is 0 Å². The lowest BCUT2D eigenvalue weighted by molar-refractivity contribution is -0.274. The van der Waals surface area contributed by atoms with Gasteiger partial charge in [0.2, 0.25) is 5.95 Å². The summed E-state index contributed by atoms with van der Waals surface area (Å²) in [6, 6.07) is 5.44. The van der Waals surface area contributed by atoms with E-state index in [0.29, 0.717) is 41.0 Å². The highest BCUT2D eigenvalue weighted by Gasteiger charge is 2.32. The Morgan fingerprint density at radius 1 is 1.06 bits per heavy atom. The van der Waals surface area contributed by atoms with Crippen LogP contribution in [0.15, 0.2) is 22.7 Å². The fourth-order valence-corrected chi connectivity index (χ4v) is 5.20. The number of nitrogens with one attached hydrogen (secondary N) is 3. The summed E-state index contributed by atoms with van der Waals surface area (Å²) in [5, 5.41) is 10.2. The Bertz CT molecular complexity index is 963. The van der Waals surface area contributed by atoms with Crippen molar-refractivity contribution in [1.29, 1.82) is 0 Å². The van der Waals surface area contributed by atoms with Gasteiger partial charge in [-0.15, -0.1) is 13.2 Å². The summed E-state index contributed by atoms with van der Waals surface area (Å²) in [6.07, 6.45) is 4.14. The first-order chi connectivity index (χ1) is 16.3. The summed E-state index contributed by atoms with van der Waals surface area (Å²) < 4.78 is 42.9. The first kappa shape index (κ1) is 25.0. The summed E-state index contributed by atoms with van der Waals surface area (Å²) >= 11 is 3.21. The van der Waals surface area contributed by atoms with Gasteiger partial charge in [0.05, 0.1) is 5.69 Å². The maximum absolute atomic E-state index is 12.7. The molecule has 0 atom stereocenters. The minimum atomic E-state index is -4.70. The molecule has 4 rings (SSSR count). The molecule has 6 nitrogen and oxygen atoms in total. The van der Waals surface area contributed by atoms with Gasteiger partial charge in [-0.05, 0) is 82.0 Å². The van der Waals surface area contributed by atoms with Gasteiger partial charge in [0.15, 0.2) is 0 Å². The van der Waals surface area contributed by atoms with E-state index < -0.39 is 6.36 Å². The summed E-state index contributed by atoms with van der Waals surface area (Å²) in [6.45, 7) is 0.595. The molecule has 1 saturated carbocycles. The Morgan fingerprint density at radius 2 is 1.79 bits per heavy atom. The molecule has 2 aliphatic rings. The Hall–Kier alpha value is -2.07. The molecule has 2 aromatic rings. The van der Waals surface area contributed by atoms with Crippen LogP contribution in [0, 0.1) is 0 Å². The van der Waals surface area contributed by atoms with Crippen LogP contribution in [0.2, 0.25) is 0 Å². The molecule has 1 aromatic heterocycles. The van der Waals surface area contributed by atoms with Crippen molar-refractivity contribution in [2.45, 2.75) is 76.2 Å². The van der Waals surface area contributed by atoms with Crippen LogP contribution in [0.1, 0.15) is 55.3 Å². The topological polar surface area (TPSA) is 71.1 Å². The zero-order valence-corrected chi connectivity index (χ0v) is 20.9. The molecule has 2 aliphatic carbocycles. The maximum atomic E-state index is 12.7. The second kappa shape index (κ2) is 11.1. The summed E-state index contributed by atoms with van der Waals surface area (Å²) in [5.41, 5.74) is 2.94. The number of anilines is 2. The highest BCUT2D eigenvalue weighted by Crippen LogP contribution is 2.30. The van der Waals surface area contributed by atoms with Gasteiger partial charge in [0.25, 0.3) is 0 Å². The van der Waals surface area contributed by atoms with E-state index in [0.717, 1.165) is 50.0 Å². The predicted molar refractivity (Wildman–Crippen MR) is 130 cm³/mol. The average molecular weight is 542 g/mol. The highest BCUT2D eigenvalue weighted by molar-refractivity contribution is 9.10. The molecule has 0 bridgehead atoms. The largest absolute Gasteiger partial charge is 0.573 e. The third-order valence-electron chi connectivity index (χ3n) is 6.56. The van der Waals surface area contributed by atoms with E-state index in [2.05, 4.69) is 36.6 Å². The third-order valence-corrected chi connectivity index (χ3v) is 7.06. The molecule has 0 spiro atoms. The molecular weight excluding hydrogens is 511 g/mol. The van der Waals surface area contributed by atoms with Gasteiger partial charge in [-0.2, -0.15) is 4.98 Å². The molecule has 0 unspecified atom stereocenters. The molecule has 186 valence electrons. The SMILES string of the molecule is CNc1nc(NC2CCC(NCCc3ccc(Br)cc3OC(F)(F)F)CC2)nc2c1CCCC2. The number of benzene rings is 1. The second-order valence-electron chi connectivity index (χ2n) is 8.98. The average Bonchev–Trinajstić information content (AvgIpc) is 2.80. The second-order valence-corrected chi connectivity index (χ2v) is 9.89. The zero-order chi connectivity index (χ0) is 24.1. The molecule has 0 radical (unpaired) electrons. The lowest BCUT2D eigenvalue weighted by Crippen LogP contribution is -2.38. The molecule has 10 heteroatoms. The van der Waals surface area contributed by atoms with Gasteiger partial charge < -0.3 is 20.7 Å². The van der Waals surface area contributed by atoms with Gasteiger partial charge >= 0.3 is 6.36 Å². The molecule has 34 heavy (non-hydrogen) atoms. The van der Waals surface area contributed by atoms with E-state index in [1.165, 1.54) is 24.5 Å². The Labute approximate surface area is 206 Å². The molecule has 3 N–H and O–H groups in total. The van der Waals surface area contributed by atoms with Crippen LogP contribution < -0.4 is 20.7 Å². The molecule has 0 aliphatic heterocycles. The smallest absolute Gasteiger partial charge is 0.405 e. The predicted octanol–water partition coefficient (Wildman–Crippen LogP) is 5.61. The van der Waals surface area contributed by atoms with Gasteiger partial charge in [0, 0.05) is 29.2 Å². The summed E-state index contributed by atoms with van der Waals surface area (Å²) in [7, 11) is 1.91. The Morgan fingerprint density at radius 3 is 2.53 bits per heavy atom. The standard InChI is InChI=1S/C24H31BrF3N5O/c1-29-22-19-4-2-3-5-20(19)32-23(33-22)31-18-10-8-17(9-11-18)30-13-12-15-6-7-16(25)14-21(15)34-24(26,27)28/h6-7,14,17-18,30H,2-5,8-13H2,1H3,(H2,29,31,32,33). The number of nitrogens with zero attached hydrogens (tertiary/aromatic N) is 2. The fourth-order valence-electron chi connectivity index (χ4n) is 4.86. The van der Waals surface area contributed by atoms with Gasteiger partial charge in [-0.3, -0.25) is 0 Å². The molecule has 1 heterocycles. The van der Waals surface area contributed by atoms with E-state index in [-0.39, 0.29) is 5.75 Å². The van der Waals surface area contributed by atoms with Crippen LogP contribution in [-0.2, 0) is 19.3 Å². The molecular formula is C24H31BrF3N5O. The van der Waals surface area contributed by atoms with Crippen molar-refractivity contribution < 1.29 is 17.9 Å². The van der Waals surface area contributed by atoms with Gasteiger partial charge in [0.1, 0.15) is 11.6 Å². The van der Waals surface area contributed by atoms with Crippen LogP contribution in [0.5, 0.6) is 5.75 Å². The van der Waals surface area contributed by atoms with E-state index in [1.54, 1.807) is 12.1 Å².